The van der Waals surface area contributed by atoms with Crippen LogP contribution in [0.4, 0.5) is 10.1 Å². The van der Waals surface area contributed by atoms with Gasteiger partial charge in [0.2, 0.25) is 0 Å². The highest BCUT2D eigenvalue weighted by Gasteiger charge is 2.22. The fourth-order valence-corrected chi connectivity index (χ4v) is 4.04. The van der Waals surface area contributed by atoms with Gasteiger partial charge in [-0.15, -0.1) is 0 Å². The molecule has 0 saturated carbocycles. The third kappa shape index (κ3) is 6.52. The van der Waals surface area contributed by atoms with E-state index in [0.29, 0.717) is 36.8 Å². The van der Waals surface area contributed by atoms with Gasteiger partial charge in [0.1, 0.15) is 10.8 Å². The van der Waals surface area contributed by atoms with Crippen molar-refractivity contribution in [2.45, 2.75) is 13.1 Å². The van der Waals surface area contributed by atoms with E-state index in [1.807, 2.05) is 6.07 Å². The number of piperazine rings is 1. The Morgan fingerprint density at radius 1 is 1.11 bits per heavy atom. The maximum absolute atomic E-state index is 13.1. The highest BCUT2D eigenvalue weighted by molar-refractivity contribution is 6.32. The number of amides is 1. The predicted molar refractivity (Wildman–Crippen MR) is 134 cm³/mol. The van der Waals surface area contributed by atoms with Gasteiger partial charge in [0.25, 0.3) is 11.5 Å². The van der Waals surface area contributed by atoms with Gasteiger partial charge in [-0.25, -0.2) is 9.49 Å². The van der Waals surface area contributed by atoms with Crippen molar-refractivity contribution in [1.82, 2.24) is 20.0 Å². The number of halogens is 2. The van der Waals surface area contributed by atoms with Crippen molar-refractivity contribution in [1.29, 1.82) is 0 Å². The molecule has 36 heavy (non-hydrogen) atoms. The normalized spacial score (nSPS) is 13.9. The highest BCUT2D eigenvalue weighted by atomic mass is 35.5. The van der Waals surface area contributed by atoms with Crippen LogP contribution in [0.3, 0.4) is 0 Å². The zero-order valence-corrected chi connectivity index (χ0v) is 20.6. The summed E-state index contributed by atoms with van der Waals surface area (Å²) in [6, 6.07) is 11.8. The number of carbonyl (C=O) groups excluding carboxylic acids is 1. The van der Waals surface area contributed by atoms with Gasteiger partial charge < -0.3 is 19.7 Å². The number of rotatable bonds is 9. The molecule has 0 aliphatic carbocycles. The fourth-order valence-electron chi connectivity index (χ4n) is 3.88. The predicted octanol–water partition coefficient (Wildman–Crippen LogP) is 2.91. The maximum atomic E-state index is 13.1. The van der Waals surface area contributed by atoms with Crippen LogP contribution in [0.2, 0.25) is 5.02 Å². The highest BCUT2D eigenvalue weighted by Crippen LogP contribution is 2.29. The largest absolute Gasteiger partial charge is 0.493 e. The third-order valence-electron chi connectivity index (χ3n) is 5.90. The number of nitrogens with zero attached hydrogens (tertiary/aromatic N) is 3. The van der Waals surface area contributed by atoms with Crippen LogP contribution < -0.4 is 20.3 Å². The van der Waals surface area contributed by atoms with E-state index in [1.165, 1.54) is 25.4 Å². The summed E-state index contributed by atoms with van der Waals surface area (Å²) < 4.78 is 24.3. The van der Waals surface area contributed by atoms with E-state index in [-0.39, 0.29) is 23.4 Å². The lowest BCUT2D eigenvalue weighted by Crippen LogP contribution is -2.49. The molecule has 1 amide bonds. The van der Waals surface area contributed by atoms with E-state index in [4.69, 9.17) is 21.1 Å². The van der Waals surface area contributed by atoms with Crippen LogP contribution in [0.1, 0.15) is 11.1 Å². The van der Waals surface area contributed by atoms with Gasteiger partial charge in [-0.3, -0.25) is 14.5 Å². The first kappa shape index (κ1) is 25.5. The van der Waals surface area contributed by atoms with Crippen molar-refractivity contribution in [3.05, 3.63) is 81.0 Å². The minimum absolute atomic E-state index is 0.0262. The van der Waals surface area contributed by atoms with Gasteiger partial charge in [-0.1, -0.05) is 29.8 Å². The number of methoxy groups -OCH3 is 1. The average molecular weight is 516 g/mol. The number of hydrogen-bond acceptors (Lipinski definition) is 7. The van der Waals surface area contributed by atoms with Gasteiger partial charge in [0.15, 0.2) is 18.1 Å². The van der Waals surface area contributed by atoms with Crippen LogP contribution in [0.5, 0.6) is 11.5 Å². The average Bonchev–Trinajstić information content (AvgIpc) is 2.90. The summed E-state index contributed by atoms with van der Waals surface area (Å²) in [6.07, 6.45) is 1.43. The lowest BCUT2D eigenvalue weighted by atomic mass is 10.2. The van der Waals surface area contributed by atoms with Crippen LogP contribution in [0, 0.1) is 5.82 Å². The molecular formula is C25H27ClFN5O4. The molecule has 190 valence electrons. The number of carbonyl (C=O) groups is 1. The van der Waals surface area contributed by atoms with Crippen molar-refractivity contribution >= 4 is 23.2 Å². The van der Waals surface area contributed by atoms with Crippen LogP contribution in [0.25, 0.3) is 0 Å². The maximum Gasteiger partial charge on any atom is 0.285 e. The monoisotopic (exact) mass is 515 g/mol. The summed E-state index contributed by atoms with van der Waals surface area (Å²) in [5.74, 6) is 0.590. The van der Waals surface area contributed by atoms with Crippen molar-refractivity contribution < 1.29 is 18.7 Å². The number of benzene rings is 2. The van der Waals surface area contributed by atoms with E-state index < -0.39 is 5.56 Å². The summed E-state index contributed by atoms with van der Waals surface area (Å²) >= 11 is 6.00. The number of H-pyrrole nitrogens is 1. The Hall–Kier alpha value is -3.63. The van der Waals surface area contributed by atoms with E-state index >= 15 is 0 Å². The molecule has 1 aromatic heterocycles. The Balaban J connectivity index is 1.29. The van der Waals surface area contributed by atoms with Crippen molar-refractivity contribution in [3.63, 3.8) is 0 Å². The first-order valence-corrected chi connectivity index (χ1v) is 11.8. The Morgan fingerprint density at radius 3 is 2.56 bits per heavy atom. The minimum Gasteiger partial charge on any atom is -0.493 e. The molecule has 11 heteroatoms. The number of anilines is 1. The molecule has 9 nitrogen and oxygen atoms in total. The zero-order chi connectivity index (χ0) is 25.5. The summed E-state index contributed by atoms with van der Waals surface area (Å²) in [5, 5.41) is 9.10. The molecule has 2 N–H and O–H groups in total. The second kappa shape index (κ2) is 11.9. The molecular weight excluding hydrogens is 489 g/mol. The number of aromatic nitrogens is 2. The van der Waals surface area contributed by atoms with Crippen LogP contribution in [-0.4, -0.2) is 65.8 Å². The SMILES string of the molecule is COc1ccc(CNc2cn[nH]c(=O)c2Cl)cc1OCC(=O)N1CCN(Cc2ccc(F)cc2)CC1. The molecule has 3 aromatic rings. The Labute approximate surface area is 212 Å². The van der Waals surface area contributed by atoms with Crippen molar-refractivity contribution in [3.8, 4) is 11.5 Å². The molecule has 1 fully saturated rings. The number of nitrogens with one attached hydrogen (secondary N) is 2. The second-order valence-corrected chi connectivity index (χ2v) is 8.72. The van der Waals surface area contributed by atoms with Crippen LogP contribution in [-0.2, 0) is 17.9 Å². The smallest absolute Gasteiger partial charge is 0.285 e. The molecule has 2 heterocycles. The summed E-state index contributed by atoms with van der Waals surface area (Å²) in [5.41, 5.74) is 1.81. The van der Waals surface area contributed by atoms with Gasteiger partial charge in [0.05, 0.1) is 19.0 Å². The van der Waals surface area contributed by atoms with Crippen LogP contribution in [0.15, 0.2) is 53.5 Å². The van der Waals surface area contributed by atoms with E-state index in [0.717, 1.165) is 30.8 Å². The van der Waals surface area contributed by atoms with Gasteiger partial charge >= 0.3 is 0 Å². The summed E-state index contributed by atoms with van der Waals surface area (Å²) in [7, 11) is 1.53. The zero-order valence-electron chi connectivity index (χ0n) is 19.8. The second-order valence-electron chi connectivity index (χ2n) is 8.34. The first-order chi connectivity index (χ1) is 17.4. The number of ether oxygens (including phenoxy) is 2. The van der Waals surface area contributed by atoms with Crippen molar-refractivity contribution in [2.24, 2.45) is 0 Å². The molecule has 0 bridgehead atoms. The molecule has 0 atom stereocenters. The number of aromatic amines is 1. The van der Waals surface area contributed by atoms with Crippen LogP contribution >= 0.6 is 11.6 Å². The van der Waals surface area contributed by atoms with Crippen molar-refractivity contribution in [2.75, 3.05) is 45.2 Å². The minimum atomic E-state index is -0.477. The molecule has 1 aliphatic heterocycles. The molecule has 4 rings (SSSR count). The molecule has 0 spiro atoms. The van der Waals surface area contributed by atoms with E-state index in [9.17, 15) is 14.0 Å². The molecule has 1 aliphatic rings. The summed E-state index contributed by atoms with van der Waals surface area (Å²) in [6.45, 7) is 3.60. The topological polar surface area (TPSA) is 99.8 Å². The Bertz CT molecular complexity index is 1250. The molecule has 1 saturated heterocycles. The Kier molecular flexibility index (Phi) is 8.40. The van der Waals surface area contributed by atoms with Gasteiger partial charge in [-0.2, -0.15) is 5.10 Å². The quantitative estimate of drug-likeness (QED) is 0.452. The third-order valence-corrected chi connectivity index (χ3v) is 6.28. The molecule has 0 radical (unpaired) electrons. The lowest BCUT2D eigenvalue weighted by Gasteiger charge is -2.34. The van der Waals surface area contributed by atoms with Gasteiger partial charge in [0, 0.05) is 39.3 Å². The fraction of sp³-hybridized carbons (Fsp3) is 0.320. The van der Waals surface area contributed by atoms with E-state index in [1.54, 1.807) is 29.2 Å². The molecule has 2 aromatic carbocycles. The van der Waals surface area contributed by atoms with E-state index in [2.05, 4.69) is 20.4 Å². The lowest BCUT2D eigenvalue weighted by molar-refractivity contribution is -0.135. The Morgan fingerprint density at radius 2 is 1.83 bits per heavy atom. The standard InChI is InChI=1S/C25H27ClFN5O4/c1-35-21-7-4-18(13-28-20-14-29-30-25(34)24(20)26)12-22(21)36-16-23(33)32-10-8-31(9-11-32)15-17-2-5-19(27)6-3-17/h2-7,12,14H,8-11,13,15-16H2,1H3,(H2,28,30,34). The van der Waals surface area contributed by atoms with Gasteiger partial charge in [-0.05, 0) is 35.4 Å². The number of hydrogen-bond donors (Lipinski definition) is 2. The molecule has 0 unspecified atom stereocenters. The first-order valence-electron chi connectivity index (χ1n) is 11.4. The summed E-state index contributed by atoms with van der Waals surface area (Å²) in [4.78, 5) is 28.4.